The summed E-state index contributed by atoms with van der Waals surface area (Å²) in [4.78, 5) is 0. The largest absolute Gasteiger partial charge is 0.359 e. The number of benzene rings is 1. The molecule has 0 saturated carbocycles. The highest BCUT2D eigenvalue weighted by molar-refractivity contribution is 5.21. The number of hydrogen-bond donors (Lipinski definition) is 0. The molecule has 0 fully saturated rings. The van der Waals surface area contributed by atoms with Crippen molar-refractivity contribution in [2.75, 3.05) is 6.61 Å². The highest BCUT2D eigenvalue weighted by Gasteiger charge is 2.09. The van der Waals surface area contributed by atoms with Gasteiger partial charge in [0.25, 0.3) is 0 Å². The predicted molar refractivity (Wildman–Crippen MR) is 92.6 cm³/mol. The summed E-state index contributed by atoms with van der Waals surface area (Å²) in [5, 5.41) is 9.17. The summed E-state index contributed by atoms with van der Waals surface area (Å²) in [6, 6.07) is 12.0. The molecule has 1 atom stereocenters. The molecule has 1 aromatic carbocycles. The zero-order valence-electron chi connectivity index (χ0n) is 14.1. The first-order valence-corrected chi connectivity index (χ1v) is 8.94. The first-order valence-electron chi connectivity index (χ1n) is 8.94. The highest BCUT2D eigenvalue weighted by Crippen LogP contribution is 2.17. The van der Waals surface area contributed by atoms with E-state index in [1.165, 1.54) is 57.8 Å². The monoisotopic (exact) mass is 301 g/mol. The molecule has 0 heterocycles. The van der Waals surface area contributed by atoms with E-state index in [9.17, 15) is 0 Å². The molecule has 0 bridgehead atoms. The summed E-state index contributed by atoms with van der Waals surface area (Å²) in [5.41, 5.74) is 0.956. The Bertz CT molecular complexity index is 396. The van der Waals surface area contributed by atoms with E-state index in [4.69, 9.17) is 10.00 Å². The van der Waals surface area contributed by atoms with E-state index in [1.54, 1.807) is 0 Å². The van der Waals surface area contributed by atoms with Crippen LogP contribution in [-0.4, -0.2) is 6.61 Å². The Morgan fingerprint density at radius 1 is 0.864 bits per heavy atom. The van der Waals surface area contributed by atoms with Crippen LogP contribution in [0.25, 0.3) is 0 Å². The molecule has 122 valence electrons. The van der Waals surface area contributed by atoms with Gasteiger partial charge in [-0.3, -0.25) is 0 Å². The van der Waals surface area contributed by atoms with Crippen molar-refractivity contribution >= 4 is 0 Å². The van der Waals surface area contributed by atoms with Crippen LogP contribution in [0, 0.1) is 11.3 Å². The van der Waals surface area contributed by atoms with E-state index in [2.05, 4.69) is 13.0 Å². The van der Waals surface area contributed by atoms with E-state index >= 15 is 0 Å². The minimum Gasteiger partial charge on any atom is -0.359 e. The van der Waals surface area contributed by atoms with Gasteiger partial charge in [-0.15, -0.1) is 0 Å². The molecule has 0 aliphatic carbocycles. The molecule has 0 N–H and O–H groups in total. The van der Waals surface area contributed by atoms with Gasteiger partial charge in [0.1, 0.15) is 0 Å². The van der Waals surface area contributed by atoms with Crippen LogP contribution in [0.3, 0.4) is 0 Å². The lowest BCUT2D eigenvalue weighted by Crippen LogP contribution is -2.03. The van der Waals surface area contributed by atoms with Crippen molar-refractivity contribution in [3.63, 3.8) is 0 Å². The van der Waals surface area contributed by atoms with Gasteiger partial charge in [-0.25, -0.2) is 0 Å². The van der Waals surface area contributed by atoms with Gasteiger partial charge >= 0.3 is 0 Å². The Hall–Kier alpha value is -1.33. The van der Waals surface area contributed by atoms with Crippen LogP contribution < -0.4 is 0 Å². The number of rotatable bonds is 13. The Morgan fingerprint density at radius 3 is 1.95 bits per heavy atom. The number of ether oxygens (including phenoxy) is 1. The molecule has 1 rings (SSSR count). The smallest absolute Gasteiger partial charge is 0.169 e. The first kappa shape index (κ1) is 18.7. The summed E-state index contributed by atoms with van der Waals surface area (Å²) in [6.45, 7) is 2.94. The van der Waals surface area contributed by atoms with Crippen LogP contribution in [-0.2, 0) is 4.74 Å². The van der Waals surface area contributed by atoms with Crippen molar-refractivity contribution in [3.05, 3.63) is 35.9 Å². The molecule has 0 saturated heterocycles. The maximum atomic E-state index is 9.17. The number of nitriles is 1. The lowest BCUT2D eigenvalue weighted by Gasteiger charge is -2.10. The maximum Gasteiger partial charge on any atom is 0.169 e. The van der Waals surface area contributed by atoms with Crippen LogP contribution in [0.5, 0.6) is 0 Å². The first-order chi connectivity index (χ1) is 10.9. The van der Waals surface area contributed by atoms with Crippen molar-refractivity contribution in [1.82, 2.24) is 0 Å². The van der Waals surface area contributed by atoms with Crippen LogP contribution in [0.1, 0.15) is 82.8 Å². The lowest BCUT2D eigenvalue weighted by molar-refractivity contribution is 0.0867. The molecule has 0 spiro atoms. The Balaban J connectivity index is 1.96. The van der Waals surface area contributed by atoms with Crippen LogP contribution >= 0.6 is 0 Å². The lowest BCUT2D eigenvalue weighted by atomic mass is 10.1. The quantitative estimate of drug-likeness (QED) is 0.407. The summed E-state index contributed by atoms with van der Waals surface area (Å²) in [5.74, 6) is 0. The molecule has 0 aliphatic heterocycles. The van der Waals surface area contributed by atoms with E-state index in [0.29, 0.717) is 6.61 Å². The number of nitrogens with zero attached hydrogens (tertiary/aromatic N) is 1. The summed E-state index contributed by atoms with van der Waals surface area (Å²) < 4.78 is 5.69. The minimum atomic E-state index is -0.417. The van der Waals surface area contributed by atoms with Crippen molar-refractivity contribution in [3.8, 4) is 6.07 Å². The van der Waals surface area contributed by atoms with Crippen molar-refractivity contribution in [2.45, 2.75) is 77.2 Å². The summed E-state index contributed by atoms with van der Waals surface area (Å²) >= 11 is 0. The molecule has 2 heteroatoms. The normalized spacial score (nSPS) is 12.0. The third-order valence-corrected chi connectivity index (χ3v) is 4.00. The van der Waals surface area contributed by atoms with Gasteiger partial charge in [-0.1, -0.05) is 95.0 Å². The Labute approximate surface area is 136 Å². The van der Waals surface area contributed by atoms with Crippen molar-refractivity contribution in [2.24, 2.45) is 0 Å². The van der Waals surface area contributed by atoms with Crippen molar-refractivity contribution in [1.29, 1.82) is 5.26 Å². The summed E-state index contributed by atoms with van der Waals surface area (Å²) in [7, 11) is 0. The molecular weight excluding hydrogens is 270 g/mol. The van der Waals surface area contributed by atoms with Gasteiger partial charge < -0.3 is 4.74 Å². The zero-order valence-corrected chi connectivity index (χ0v) is 14.1. The van der Waals surface area contributed by atoms with Crippen LogP contribution in [0.2, 0.25) is 0 Å². The number of unbranched alkanes of at least 4 members (excludes halogenated alkanes) is 9. The average Bonchev–Trinajstić information content (AvgIpc) is 2.57. The van der Waals surface area contributed by atoms with Crippen LogP contribution in [0.15, 0.2) is 30.3 Å². The second-order valence-electron chi connectivity index (χ2n) is 5.97. The fourth-order valence-corrected chi connectivity index (χ4v) is 2.63. The minimum absolute atomic E-state index is 0.417. The van der Waals surface area contributed by atoms with Gasteiger partial charge in [0.2, 0.25) is 0 Å². The van der Waals surface area contributed by atoms with E-state index in [-0.39, 0.29) is 0 Å². The third-order valence-electron chi connectivity index (χ3n) is 4.00. The Kier molecular flexibility index (Phi) is 11.4. The number of hydrogen-bond acceptors (Lipinski definition) is 2. The maximum absolute atomic E-state index is 9.17. The molecule has 0 radical (unpaired) electrons. The van der Waals surface area contributed by atoms with Gasteiger partial charge in [-0.05, 0) is 12.0 Å². The standard InChI is InChI=1S/C20H31NO/c1-2-3-4-5-6-7-8-9-10-14-17-22-20(18-21)19-15-12-11-13-16-19/h11-13,15-16,20H,2-10,14,17H2,1H3. The molecule has 0 aliphatic rings. The molecule has 0 amide bonds. The summed E-state index contributed by atoms with van der Waals surface area (Å²) in [6.07, 6.45) is 12.8. The molecule has 2 nitrogen and oxygen atoms in total. The Morgan fingerprint density at radius 2 is 1.41 bits per heavy atom. The third kappa shape index (κ3) is 8.85. The van der Waals surface area contributed by atoms with Gasteiger partial charge in [0, 0.05) is 6.61 Å². The fraction of sp³-hybridized carbons (Fsp3) is 0.650. The molecule has 1 unspecified atom stereocenters. The van der Waals surface area contributed by atoms with Crippen LogP contribution in [0.4, 0.5) is 0 Å². The molecule has 22 heavy (non-hydrogen) atoms. The van der Waals surface area contributed by atoms with Gasteiger partial charge in [0.05, 0.1) is 6.07 Å². The molecule has 0 aromatic heterocycles. The van der Waals surface area contributed by atoms with Crippen molar-refractivity contribution < 1.29 is 4.74 Å². The highest BCUT2D eigenvalue weighted by atomic mass is 16.5. The fourth-order valence-electron chi connectivity index (χ4n) is 2.63. The molecule has 1 aromatic rings. The second-order valence-corrected chi connectivity index (χ2v) is 5.97. The zero-order chi connectivity index (χ0) is 15.9. The topological polar surface area (TPSA) is 33.0 Å². The average molecular weight is 301 g/mol. The van der Waals surface area contributed by atoms with E-state index in [1.807, 2.05) is 30.3 Å². The van der Waals surface area contributed by atoms with Gasteiger partial charge in [0.15, 0.2) is 6.10 Å². The van der Waals surface area contributed by atoms with E-state index in [0.717, 1.165) is 12.0 Å². The van der Waals surface area contributed by atoms with Gasteiger partial charge in [-0.2, -0.15) is 5.26 Å². The molecular formula is C20H31NO. The second kappa shape index (κ2) is 13.3. The SMILES string of the molecule is CCCCCCCCCCCCOC(C#N)c1ccccc1. The van der Waals surface area contributed by atoms with E-state index < -0.39 is 6.10 Å². The predicted octanol–water partition coefficient (Wildman–Crippen LogP) is 6.19.